The van der Waals surface area contributed by atoms with E-state index in [1.165, 1.54) is 4.90 Å². The number of fused-ring (bicyclic) bond motifs is 1. The summed E-state index contributed by atoms with van der Waals surface area (Å²) in [5, 5.41) is 10.9. The molecule has 2 heterocycles. The van der Waals surface area contributed by atoms with Gasteiger partial charge < -0.3 is 22.8 Å². The normalized spacial score (nSPS) is 25.9. The molecule has 2 aliphatic rings. The van der Waals surface area contributed by atoms with Crippen LogP contribution in [0, 0.1) is 0 Å². The Balaban J connectivity index is 2.63. The number of nitrogens with zero attached hydrogens (tertiary/aromatic N) is 1. The number of aliphatic hydroxyl groups excluding tert-OH is 1. The van der Waals surface area contributed by atoms with Crippen LogP contribution < -0.4 is 0 Å². The van der Waals surface area contributed by atoms with Crippen LogP contribution in [-0.4, -0.2) is 57.6 Å². The van der Waals surface area contributed by atoms with Crippen molar-refractivity contribution >= 4 is 23.2 Å². The summed E-state index contributed by atoms with van der Waals surface area (Å²) in [6.45, 7) is 22.7. The van der Waals surface area contributed by atoms with Crippen molar-refractivity contribution in [2.24, 2.45) is 0 Å². The highest BCUT2D eigenvalue weighted by Gasteiger charge is 2.60. The molecule has 0 aromatic rings. The lowest BCUT2D eigenvalue weighted by Gasteiger charge is -2.49. The van der Waals surface area contributed by atoms with Gasteiger partial charge in [-0.25, -0.2) is 4.79 Å². The summed E-state index contributed by atoms with van der Waals surface area (Å²) in [6, 6.07) is 0. The third-order valence-corrected chi connectivity index (χ3v) is 16.2. The Labute approximate surface area is 190 Å². The molecule has 2 rings (SSSR count). The molecule has 0 bridgehead atoms. The molecule has 2 aliphatic heterocycles. The topological polar surface area (TPSA) is 77.5 Å². The van der Waals surface area contributed by atoms with E-state index in [1.54, 1.807) is 6.26 Å². The van der Waals surface area contributed by atoms with Crippen molar-refractivity contribution in [3.63, 3.8) is 0 Å². The Bertz CT molecular complexity index is 670. The zero-order chi connectivity index (χ0) is 23.9. The average molecular weight is 474 g/mol. The molecule has 180 valence electrons. The molecule has 0 aromatic carbocycles. The van der Waals surface area contributed by atoms with Gasteiger partial charge in [0.05, 0.1) is 18.5 Å². The van der Waals surface area contributed by atoms with Gasteiger partial charge in [0.15, 0.2) is 0 Å². The molecule has 0 spiro atoms. The zero-order valence-corrected chi connectivity index (χ0v) is 23.2. The molecule has 7 nitrogen and oxygen atoms in total. The van der Waals surface area contributed by atoms with Crippen molar-refractivity contribution in [3.05, 3.63) is 12.0 Å². The molecule has 1 amide bonds. The Hall–Kier alpha value is -0.876. The Morgan fingerprint density at radius 1 is 1.03 bits per heavy atom. The largest absolute Gasteiger partial charge is 0.525 e. The van der Waals surface area contributed by atoms with Gasteiger partial charge in [-0.3, -0.25) is 4.90 Å². The summed E-state index contributed by atoms with van der Waals surface area (Å²) in [4.78, 5) is 14.4. The van der Waals surface area contributed by atoms with Crippen molar-refractivity contribution in [2.45, 2.75) is 116 Å². The van der Waals surface area contributed by atoms with Gasteiger partial charge in [-0.2, -0.15) is 0 Å². The first-order chi connectivity index (χ1) is 14.1. The van der Waals surface area contributed by atoms with Crippen LogP contribution in [0.15, 0.2) is 12.0 Å². The van der Waals surface area contributed by atoms with E-state index in [0.29, 0.717) is 5.70 Å². The molecule has 0 aliphatic carbocycles. The highest BCUT2D eigenvalue weighted by Crippen LogP contribution is 2.47. The second kappa shape index (κ2) is 9.17. The van der Waals surface area contributed by atoms with Crippen molar-refractivity contribution in [3.8, 4) is 0 Å². The van der Waals surface area contributed by atoms with Crippen molar-refractivity contribution < 1.29 is 27.6 Å². The molecule has 9 heteroatoms. The molecule has 1 saturated heterocycles. The number of carbonyl (C=O) groups excluding carboxylic acids is 1. The fourth-order valence-corrected chi connectivity index (χ4v) is 15.4. The lowest BCUT2D eigenvalue weighted by Crippen LogP contribution is -2.63. The summed E-state index contributed by atoms with van der Waals surface area (Å²) in [7, 11) is -5.64. The van der Waals surface area contributed by atoms with Crippen LogP contribution in [0.25, 0.3) is 0 Å². The van der Waals surface area contributed by atoms with Crippen LogP contribution in [-0.2, 0) is 17.7 Å². The van der Waals surface area contributed by atoms with Crippen molar-refractivity contribution in [1.29, 1.82) is 0 Å². The van der Waals surface area contributed by atoms with E-state index >= 15 is 0 Å². The maximum Gasteiger partial charge on any atom is 0.414 e. The van der Waals surface area contributed by atoms with Gasteiger partial charge in [0.2, 0.25) is 0 Å². The number of amides is 1. The van der Waals surface area contributed by atoms with Crippen LogP contribution in [0.1, 0.15) is 76.2 Å². The van der Waals surface area contributed by atoms with E-state index in [2.05, 4.69) is 55.4 Å². The van der Waals surface area contributed by atoms with E-state index in [1.807, 2.05) is 20.8 Å². The summed E-state index contributed by atoms with van der Waals surface area (Å²) in [5.74, 6) is 0. The van der Waals surface area contributed by atoms with Gasteiger partial charge in [-0.1, -0.05) is 55.4 Å². The van der Waals surface area contributed by atoms with E-state index < -0.39 is 41.0 Å². The van der Waals surface area contributed by atoms with Gasteiger partial charge in [0.25, 0.3) is 0 Å². The van der Waals surface area contributed by atoms with Crippen LogP contribution in [0.4, 0.5) is 4.79 Å². The van der Waals surface area contributed by atoms with Crippen molar-refractivity contribution in [1.82, 2.24) is 4.90 Å². The van der Waals surface area contributed by atoms with Gasteiger partial charge in [0, 0.05) is 11.1 Å². The lowest BCUT2D eigenvalue weighted by molar-refractivity contribution is 0.0303. The van der Waals surface area contributed by atoms with E-state index in [0.717, 1.165) is 0 Å². The highest BCUT2D eigenvalue weighted by molar-refractivity contribution is 6.84. The molecule has 0 saturated carbocycles. The Kier molecular flexibility index (Phi) is 7.80. The standard InChI is InChI=1S/C22H43NO6Si2/c1-14(2)30(15(3)4)26-13-18-20(28-31(29-30,16(5)6)17(7)8)19(24)12-23(18)21(25)27-22(9,10)11/h13-17,19-20,24H,12H2,1-11H3. The number of carbonyl (C=O) groups is 1. The maximum absolute atomic E-state index is 12.9. The van der Waals surface area contributed by atoms with E-state index in [-0.39, 0.29) is 28.7 Å². The fraction of sp³-hybridized carbons (Fsp3) is 0.864. The lowest BCUT2D eigenvalue weighted by atomic mass is 10.2. The number of ether oxygens (including phenoxy) is 1. The maximum atomic E-state index is 12.9. The second-order valence-corrected chi connectivity index (χ2v) is 19.8. The van der Waals surface area contributed by atoms with E-state index in [9.17, 15) is 9.90 Å². The van der Waals surface area contributed by atoms with Crippen LogP contribution in [0.3, 0.4) is 0 Å². The molecule has 1 fully saturated rings. The number of likely N-dealkylation sites (tertiary alicyclic amines) is 1. The summed E-state index contributed by atoms with van der Waals surface area (Å²) in [5.41, 5.74) is 0.521. The van der Waals surface area contributed by atoms with Crippen molar-refractivity contribution in [2.75, 3.05) is 6.54 Å². The van der Waals surface area contributed by atoms with Gasteiger partial charge in [-0.05, 0) is 31.9 Å². The Morgan fingerprint density at radius 3 is 1.94 bits per heavy atom. The molecular weight excluding hydrogens is 430 g/mol. The molecule has 0 aromatic heterocycles. The predicted octanol–water partition coefficient (Wildman–Crippen LogP) is 5.40. The molecule has 2 atom stereocenters. The molecule has 1 N–H and O–H groups in total. The average Bonchev–Trinajstić information content (AvgIpc) is 2.87. The first kappa shape index (κ1) is 26.4. The minimum atomic E-state index is -2.86. The summed E-state index contributed by atoms with van der Waals surface area (Å²) < 4.78 is 26.1. The minimum Gasteiger partial charge on any atom is -0.525 e. The minimum absolute atomic E-state index is 0.105. The third-order valence-electron chi connectivity index (χ3n) is 6.15. The second-order valence-electron chi connectivity index (χ2n) is 11.0. The number of aliphatic hydroxyl groups is 1. The SMILES string of the molecule is CC(C)[Si]1(C(C)C)OC=C2C(O[Si](C(C)C)(C(C)C)O1)C(O)CN2C(=O)OC(C)(C)C. The molecule has 2 unspecified atom stereocenters. The van der Waals surface area contributed by atoms with Gasteiger partial charge in [-0.15, -0.1) is 0 Å². The van der Waals surface area contributed by atoms with E-state index in [4.69, 9.17) is 17.7 Å². The molecule has 0 radical (unpaired) electrons. The number of β-amino-alcohol motifs (C(OH)–C–C–N with tert-alkyl or cyclic N) is 1. The molecule has 31 heavy (non-hydrogen) atoms. The fourth-order valence-electron chi connectivity index (χ4n) is 4.50. The quantitative estimate of drug-likeness (QED) is 0.551. The number of hydrogen-bond acceptors (Lipinski definition) is 6. The van der Waals surface area contributed by atoms with Crippen LogP contribution in [0.2, 0.25) is 22.2 Å². The highest BCUT2D eigenvalue weighted by atomic mass is 28.5. The smallest absolute Gasteiger partial charge is 0.414 e. The summed E-state index contributed by atoms with van der Waals surface area (Å²) >= 11 is 0. The third kappa shape index (κ3) is 5.05. The first-order valence-corrected chi connectivity index (χ1v) is 15.5. The van der Waals surface area contributed by atoms with Crippen LogP contribution >= 0.6 is 0 Å². The first-order valence-electron chi connectivity index (χ1n) is 11.5. The van der Waals surface area contributed by atoms with Gasteiger partial charge >= 0.3 is 23.2 Å². The van der Waals surface area contributed by atoms with Gasteiger partial charge in [0.1, 0.15) is 17.8 Å². The zero-order valence-electron chi connectivity index (χ0n) is 21.2. The predicted molar refractivity (Wildman–Crippen MR) is 126 cm³/mol. The number of rotatable bonds is 4. The number of hydrogen-bond donors (Lipinski definition) is 1. The molecular formula is C22H43NO6Si2. The Morgan fingerprint density at radius 2 is 1.52 bits per heavy atom. The summed E-state index contributed by atoms with van der Waals surface area (Å²) in [6.07, 6.45) is -0.453. The monoisotopic (exact) mass is 473 g/mol. The van der Waals surface area contributed by atoms with Crippen LogP contribution in [0.5, 0.6) is 0 Å².